The number of rotatable bonds is 3. The van der Waals surface area contributed by atoms with Gasteiger partial charge in [-0.1, -0.05) is 23.7 Å². The monoisotopic (exact) mass is 431 g/mol. The van der Waals surface area contributed by atoms with E-state index in [1.165, 1.54) is 18.2 Å². The zero-order valence-electron chi connectivity index (χ0n) is 11.1. The van der Waals surface area contributed by atoms with E-state index in [0.29, 0.717) is 11.1 Å². The third-order valence-electron chi connectivity index (χ3n) is 2.84. The Bertz CT molecular complexity index is 704. The van der Waals surface area contributed by atoms with Crippen molar-refractivity contribution in [1.82, 2.24) is 4.57 Å². The molecule has 0 saturated carbocycles. The van der Waals surface area contributed by atoms with Crippen LogP contribution in [0.1, 0.15) is 5.56 Å². The molecule has 0 aliphatic rings. The van der Waals surface area contributed by atoms with Crippen LogP contribution in [-0.2, 0) is 39.3 Å². The van der Waals surface area contributed by atoms with Crippen molar-refractivity contribution in [3.05, 3.63) is 50.7 Å². The first-order chi connectivity index (χ1) is 9.40. The second kappa shape index (κ2) is 7.61. The van der Waals surface area contributed by atoms with Gasteiger partial charge in [-0.2, -0.15) is 12.1 Å². The summed E-state index contributed by atoms with van der Waals surface area (Å²) in [5.41, 5.74) is 0.988. The van der Waals surface area contributed by atoms with Crippen molar-refractivity contribution in [2.24, 2.45) is 0 Å². The van der Waals surface area contributed by atoms with Gasteiger partial charge in [0.1, 0.15) is 5.75 Å². The second-order valence-corrected chi connectivity index (χ2v) is 5.15. The average molecular weight is 432 g/mol. The van der Waals surface area contributed by atoms with Gasteiger partial charge in [0.05, 0.1) is 6.54 Å². The van der Waals surface area contributed by atoms with Gasteiger partial charge in [0.15, 0.2) is 0 Å². The van der Waals surface area contributed by atoms with E-state index in [-0.39, 0.29) is 48.6 Å². The first kappa shape index (κ1) is 18.5. The van der Waals surface area contributed by atoms with E-state index in [4.69, 9.17) is 0 Å². The summed E-state index contributed by atoms with van der Waals surface area (Å²) < 4.78 is 26.5. The molecule has 0 aliphatic carbocycles. The van der Waals surface area contributed by atoms with E-state index in [2.05, 4.69) is 22.0 Å². The van der Waals surface area contributed by atoms with Crippen molar-refractivity contribution >= 4 is 15.9 Å². The smallest absolute Gasteiger partial charge is 0.256 e. The van der Waals surface area contributed by atoms with Gasteiger partial charge in [-0.3, -0.25) is 4.79 Å². The molecule has 1 aromatic carbocycles. The first-order valence-electron chi connectivity index (χ1n) is 5.79. The molecule has 1 aromatic heterocycles. The van der Waals surface area contributed by atoms with Crippen molar-refractivity contribution in [2.45, 2.75) is 19.9 Å². The third kappa shape index (κ3) is 4.21. The largest absolute Gasteiger partial charge is 0.508 e. The number of aromatic nitrogens is 1. The number of hydrogen-bond donors (Lipinski definition) is 1. The van der Waals surface area contributed by atoms with E-state index in [9.17, 15) is 18.7 Å². The van der Waals surface area contributed by atoms with Crippen LogP contribution in [0.2, 0.25) is 0 Å². The molecule has 21 heavy (non-hydrogen) atoms. The molecule has 0 fully saturated rings. The van der Waals surface area contributed by atoms with Crippen LogP contribution in [0.15, 0.2) is 33.5 Å². The zero-order valence-corrected chi connectivity index (χ0v) is 15.5. The van der Waals surface area contributed by atoms with Crippen LogP contribution in [0.4, 0.5) is 8.78 Å². The predicted molar refractivity (Wildman–Crippen MR) is 75.1 cm³/mol. The number of phenolic OH excluding ortho intramolecular Hbond substituents is 1. The van der Waals surface area contributed by atoms with Crippen LogP contribution >= 0.6 is 15.9 Å². The van der Waals surface area contributed by atoms with Gasteiger partial charge < -0.3 is 9.67 Å². The van der Waals surface area contributed by atoms with Crippen LogP contribution in [0.3, 0.4) is 0 Å². The number of hydrogen-bond acceptors (Lipinski definition) is 2. The maximum atomic E-state index is 12.7. The summed E-state index contributed by atoms with van der Waals surface area (Å²) in [5.74, 6) is 0.0751. The minimum atomic E-state index is -2.65. The average Bonchev–Trinajstić information content (AvgIpc) is 2.36. The van der Waals surface area contributed by atoms with Crippen LogP contribution in [0.25, 0.3) is 11.3 Å². The number of nitrogens with zero attached hydrogens (tertiary/aromatic N) is 1. The number of halogens is 3. The van der Waals surface area contributed by atoms with E-state index in [0.717, 1.165) is 4.57 Å². The Hall–Kier alpha value is -0.586. The molecular weight excluding hydrogens is 421 g/mol. The summed E-state index contributed by atoms with van der Waals surface area (Å²) in [5, 5.41) is 9.39. The van der Waals surface area contributed by atoms with Crippen molar-refractivity contribution < 1.29 is 46.6 Å². The van der Waals surface area contributed by atoms with Gasteiger partial charge in [-0.25, -0.2) is 8.78 Å². The topological polar surface area (TPSA) is 42.2 Å². The van der Waals surface area contributed by atoms with Crippen LogP contribution in [0, 0.1) is 13.0 Å². The number of phenols is 1. The number of aryl methyl sites for hydroxylation is 1. The van der Waals surface area contributed by atoms with E-state index in [1.807, 2.05) is 0 Å². The van der Waals surface area contributed by atoms with Crippen molar-refractivity contribution in [3.63, 3.8) is 0 Å². The molecule has 0 spiro atoms. The minimum absolute atomic E-state index is 0. The number of aromatic hydroxyl groups is 1. The zero-order chi connectivity index (χ0) is 14.9. The standard InChI is InChI=1S/C14H11BrF2NO2.Y/c1-8-6-9(19)2-3-10(8)12-5-4-11(15)14(20)18(12)7-13(16)17;/h2-4,6,13,19H,7H2,1H3;/q-1;. The minimum Gasteiger partial charge on any atom is -0.508 e. The fourth-order valence-electron chi connectivity index (χ4n) is 1.95. The Morgan fingerprint density at radius 2 is 2.10 bits per heavy atom. The summed E-state index contributed by atoms with van der Waals surface area (Å²) in [7, 11) is 0. The summed E-state index contributed by atoms with van der Waals surface area (Å²) in [6, 6.07) is 8.76. The molecule has 1 radical (unpaired) electrons. The fourth-order valence-corrected chi connectivity index (χ4v) is 2.28. The quantitative estimate of drug-likeness (QED) is 0.757. The van der Waals surface area contributed by atoms with Gasteiger partial charge >= 0.3 is 0 Å². The molecule has 0 aliphatic heterocycles. The molecule has 2 rings (SSSR count). The van der Waals surface area contributed by atoms with E-state index >= 15 is 0 Å². The van der Waals surface area contributed by atoms with Gasteiger partial charge in [0.25, 0.3) is 6.43 Å². The van der Waals surface area contributed by atoms with Crippen LogP contribution < -0.4 is 5.56 Å². The Balaban J connectivity index is 0.00000220. The van der Waals surface area contributed by atoms with Gasteiger partial charge in [-0.15, -0.1) is 22.0 Å². The Morgan fingerprint density at radius 3 is 2.67 bits per heavy atom. The third-order valence-corrected chi connectivity index (χ3v) is 3.41. The summed E-state index contributed by atoms with van der Waals surface area (Å²) in [4.78, 5) is 12.0. The number of alkyl halides is 2. The Morgan fingerprint density at radius 1 is 1.43 bits per heavy atom. The van der Waals surface area contributed by atoms with Crippen LogP contribution in [0.5, 0.6) is 5.75 Å². The molecule has 1 N–H and O–H groups in total. The molecule has 3 nitrogen and oxygen atoms in total. The molecule has 0 unspecified atom stereocenters. The molecule has 0 saturated heterocycles. The van der Waals surface area contributed by atoms with Gasteiger partial charge in [0.2, 0.25) is 5.56 Å². The molecule has 1 heterocycles. The van der Waals surface area contributed by atoms with E-state index < -0.39 is 18.5 Å². The fraction of sp³-hybridized carbons (Fsp3) is 0.214. The summed E-state index contributed by atoms with van der Waals surface area (Å²) >= 11 is 3.02. The normalized spacial score (nSPS) is 10.5. The first-order valence-corrected chi connectivity index (χ1v) is 6.58. The molecular formula is C14H11BrF2NO2Y-. The maximum Gasteiger partial charge on any atom is 0.256 e. The van der Waals surface area contributed by atoms with Gasteiger partial charge in [0, 0.05) is 32.7 Å². The molecule has 0 atom stereocenters. The number of benzene rings is 1. The molecule has 0 bridgehead atoms. The summed E-state index contributed by atoms with van der Waals surface area (Å²) in [6.45, 7) is 1.02. The molecule has 0 amide bonds. The SMILES string of the molecule is Cc1cc(O)ccc1-c1[c-]cc(Br)c(=O)n1CC(F)F.[Y]. The Labute approximate surface area is 154 Å². The second-order valence-electron chi connectivity index (χ2n) is 4.29. The van der Waals surface area contributed by atoms with Gasteiger partial charge in [-0.05, 0) is 16.6 Å². The van der Waals surface area contributed by atoms with E-state index in [1.54, 1.807) is 13.0 Å². The maximum absolute atomic E-state index is 12.7. The van der Waals surface area contributed by atoms with Crippen LogP contribution in [-0.4, -0.2) is 16.1 Å². The molecule has 7 heteroatoms. The van der Waals surface area contributed by atoms with Crippen molar-refractivity contribution in [1.29, 1.82) is 0 Å². The predicted octanol–water partition coefficient (Wildman–Crippen LogP) is 3.35. The molecule has 2 aromatic rings. The van der Waals surface area contributed by atoms with Crippen molar-refractivity contribution in [2.75, 3.05) is 0 Å². The Kier molecular flexibility index (Phi) is 6.69. The molecule has 109 valence electrons. The summed E-state index contributed by atoms with van der Waals surface area (Å²) in [6.07, 6.45) is -2.65. The van der Waals surface area contributed by atoms with Crippen molar-refractivity contribution in [3.8, 4) is 17.0 Å². The number of pyridine rings is 1.